The topological polar surface area (TPSA) is 29.5 Å². The number of hydrogen-bond donors (Lipinski definition) is 0. The van der Waals surface area contributed by atoms with Gasteiger partial charge in [0.15, 0.2) is 0 Å². The molecule has 0 bridgehead atoms. The highest BCUT2D eigenvalue weighted by atomic mass is 35.5. The average Bonchev–Trinajstić information content (AvgIpc) is 2.56. The maximum absolute atomic E-state index is 12.6. The van der Waals surface area contributed by atoms with Gasteiger partial charge in [-0.05, 0) is 87.3 Å². The van der Waals surface area contributed by atoms with E-state index in [0.717, 1.165) is 35.2 Å². The van der Waals surface area contributed by atoms with Gasteiger partial charge in [-0.3, -0.25) is 0 Å². The molecule has 0 heterocycles. The minimum Gasteiger partial charge on any atom is -0.462 e. The molecule has 0 saturated carbocycles. The second-order valence-electron chi connectivity index (χ2n) is 6.67. The van der Waals surface area contributed by atoms with Crippen molar-refractivity contribution < 1.29 is 9.53 Å². The Morgan fingerprint density at radius 2 is 1.72 bits per heavy atom. The normalized spacial score (nSPS) is 11.0. The standard InChI is InChI=1S/C21H26ClNO2/c1-14-13-19(21(24)25-12-6-11-23(4)5)16(3)20(15(14)2)17-7-9-18(22)10-8-17/h7-10,13H,6,11-12H2,1-5H3. The summed E-state index contributed by atoms with van der Waals surface area (Å²) in [4.78, 5) is 14.6. The van der Waals surface area contributed by atoms with E-state index in [1.165, 1.54) is 5.56 Å². The van der Waals surface area contributed by atoms with Crippen LogP contribution >= 0.6 is 11.6 Å². The SMILES string of the molecule is Cc1cc(C(=O)OCCCN(C)C)c(C)c(-c2ccc(Cl)cc2)c1C. The molecular formula is C21H26ClNO2. The third-order valence-electron chi connectivity index (χ3n) is 4.44. The van der Waals surface area contributed by atoms with Crippen LogP contribution in [0.4, 0.5) is 0 Å². The average molecular weight is 360 g/mol. The first-order valence-electron chi connectivity index (χ1n) is 8.50. The van der Waals surface area contributed by atoms with E-state index < -0.39 is 0 Å². The predicted octanol–water partition coefficient (Wildman–Crippen LogP) is 5.04. The molecule has 0 fully saturated rings. The molecule has 0 aliphatic heterocycles. The lowest BCUT2D eigenvalue weighted by Gasteiger charge is -2.17. The minimum atomic E-state index is -0.255. The van der Waals surface area contributed by atoms with Crippen LogP contribution in [0.3, 0.4) is 0 Å². The minimum absolute atomic E-state index is 0.255. The van der Waals surface area contributed by atoms with Gasteiger partial charge in [-0.15, -0.1) is 0 Å². The highest BCUT2D eigenvalue weighted by molar-refractivity contribution is 6.30. The Labute approximate surface area is 155 Å². The molecule has 2 aromatic rings. The number of ether oxygens (including phenoxy) is 1. The highest BCUT2D eigenvalue weighted by Crippen LogP contribution is 2.32. The van der Waals surface area contributed by atoms with Crippen LogP contribution in [0.5, 0.6) is 0 Å². The van der Waals surface area contributed by atoms with Gasteiger partial charge in [0.1, 0.15) is 0 Å². The second kappa shape index (κ2) is 8.50. The van der Waals surface area contributed by atoms with Crippen LogP contribution in [-0.4, -0.2) is 38.1 Å². The molecule has 0 N–H and O–H groups in total. The summed E-state index contributed by atoms with van der Waals surface area (Å²) in [5.41, 5.74) is 5.97. The lowest BCUT2D eigenvalue weighted by molar-refractivity contribution is 0.0492. The van der Waals surface area contributed by atoms with Crippen molar-refractivity contribution in [3.05, 3.63) is 57.6 Å². The summed E-state index contributed by atoms with van der Waals surface area (Å²) in [6.07, 6.45) is 0.826. The molecule has 3 nitrogen and oxygen atoms in total. The summed E-state index contributed by atoms with van der Waals surface area (Å²) in [5.74, 6) is -0.255. The number of carbonyl (C=O) groups is 1. The molecule has 0 atom stereocenters. The fourth-order valence-electron chi connectivity index (χ4n) is 2.93. The van der Waals surface area contributed by atoms with Gasteiger partial charge in [-0.2, -0.15) is 0 Å². The van der Waals surface area contributed by atoms with Crippen LogP contribution in [0.25, 0.3) is 11.1 Å². The monoisotopic (exact) mass is 359 g/mol. The van der Waals surface area contributed by atoms with Gasteiger partial charge < -0.3 is 9.64 Å². The van der Waals surface area contributed by atoms with Crippen molar-refractivity contribution in [3.63, 3.8) is 0 Å². The Balaban J connectivity index is 2.31. The summed E-state index contributed by atoms with van der Waals surface area (Å²) in [6, 6.07) is 9.65. The molecular weight excluding hydrogens is 334 g/mol. The molecule has 0 aromatic heterocycles. The van der Waals surface area contributed by atoms with E-state index in [4.69, 9.17) is 16.3 Å². The van der Waals surface area contributed by atoms with E-state index in [2.05, 4.69) is 11.8 Å². The quantitative estimate of drug-likeness (QED) is 0.534. The van der Waals surface area contributed by atoms with Crippen LogP contribution in [-0.2, 0) is 4.74 Å². The van der Waals surface area contributed by atoms with Crippen molar-refractivity contribution in [1.82, 2.24) is 4.90 Å². The van der Waals surface area contributed by atoms with Gasteiger partial charge in [-0.25, -0.2) is 4.79 Å². The number of esters is 1. The predicted molar refractivity (Wildman–Crippen MR) is 105 cm³/mol. The molecule has 25 heavy (non-hydrogen) atoms. The Hall–Kier alpha value is -1.84. The summed E-state index contributed by atoms with van der Waals surface area (Å²) in [6.45, 7) is 7.41. The summed E-state index contributed by atoms with van der Waals surface area (Å²) >= 11 is 6.01. The van der Waals surface area contributed by atoms with Crippen molar-refractivity contribution in [1.29, 1.82) is 0 Å². The smallest absolute Gasteiger partial charge is 0.338 e. The van der Waals surface area contributed by atoms with Crippen molar-refractivity contribution in [2.24, 2.45) is 0 Å². The van der Waals surface area contributed by atoms with Crippen molar-refractivity contribution >= 4 is 17.6 Å². The number of halogens is 1. The highest BCUT2D eigenvalue weighted by Gasteiger charge is 2.18. The first-order chi connectivity index (χ1) is 11.8. The maximum Gasteiger partial charge on any atom is 0.338 e. The molecule has 2 aromatic carbocycles. The van der Waals surface area contributed by atoms with Crippen LogP contribution in [0.15, 0.2) is 30.3 Å². The summed E-state index contributed by atoms with van der Waals surface area (Å²) < 4.78 is 5.48. The van der Waals surface area contributed by atoms with E-state index in [0.29, 0.717) is 17.2 Å². The Morgan fingerprint density at radius 3 is 2.32 bits per heavy atom. The number of aryl methyl sites for hydroxylation is 1. The first kappa shape index (κ1) is 19.5. The molecule has 2 rings (SSSR count). The molecule has 0 amide bonds. The van der Waals surface area contributed by atoms with Crippen LogP contribution in [0.1, 0.15) is 33.5 Å². The zero-order valence-electron chi connectivity index (χ0n) is 15.6. The summed E-state index contributed by atoms with van der Waals surface area (Å²) in [7, 11) is 4.02. The van der Waals surface area contributed by atoms with E-state index >= 15 is 0 Å². The molecule has 4 heteroatoms. The van der Waals surface area contributed by atoms with Crippen molar-refractivity contribution in [3.8, 4) is 11.1 Å². The van der Waals surface area contributed by atoms with Gasteiger partial charge in [0.2, 0.25) is 0 Å². The van der Waals surface area contributed by atoms with E-state index in [9.17, 15) is 4.79 Å². The number of benzene rings is 2. The van der Waals surface area contributed by atoms with Gasteiger partial charge in [0, 0.05) is 11.6 Å². The Morgan fingerprint density at radius 1 is 1.08 bits per heavy atom. The third-order valence-corrected chi connectivity index (χ3v) is 4.69. The zero-order valence-corrected chi connectivity index (χ0v) is 16.4. The second-order valence-corrected chi connectivity index (χ2v) is 7.10. The molecule has 0 aliphatic rings. The van der Waals surface area contributed by atoms with Crippen molar-refractivity contribution in [2.45, 2.75) is 27.2 Å². The van der Waals surface area contributed by atoms with Crippen LogP contribution in [0, 0.1) is 20.8 Å². The van der Waals surface area contributed by atoms with Gasteiger partial charge in [0.05, 0.1) is 12.2 Å². The van der Waals surface area contributed by atoms with Gasteiger partial charge in [-0.1, -0.05) is 23.7 Å². The lowest BCUT2D eigenvalue weighted by Crippen LogP contribution is -2.17. The molecule has 0 saturated heterocycles. The molecule has 0 spiro atoms. The van der Waals surface area contributed by atoms with Crippen molar-refractivity contribution in [2.75, 3.05) is 27.2 Å². The maximum atomic E-state index is 12.6. The third kappa shape index (κ3) is 4.83. The molecule has 0 aliphatic carbocycles. The fraction of sp³-hybridized carbons (Fsp3) is 0.381. The fourth-order valence-corrected chi connectivity index (χ4v) is 3.06. The van der Waals surface area contributed by atoms with E-state index in [1.54, 1.807) is 0 Å². The number of carbonyl (C=O) groups excluding carboxylic acids is 1. The molecule has 0 unspecified atom stereocenters. The van der Waals surface area contributed by atoms with Crippen LogP contribution in [0.2, 0.25) is 5.02 Å². The van der Waals surface area contributed by atoms with Gasteiger partial charge >= 0.3 is 5.97 Å². The zero-order chi connectivity index (χ0) is 18.6. The number of rotatable bonds is 6. The largest absolute Gasteiger partial charge is 0.462 e. The van der Waals surface area contributed by atoms with E-state index in [1.807, 2.05) is 58.3 Å². The van der Waals surface area contributed by atoms with E-state index in [-0.39, 0.29) is 5.97 Å². The van der Waals surface area contributed by atoms with Crippen LogP contribution < -0.4 is 0 Å². The molecule has 134 valence electrons. The summed E-state index contributed by atoms with van der Waals surface area (Å²) in [5, 5.41) is 0.701. The first-order valence-corrected chi connectivity index (χ1v) is 8.87. The Bertz CT molecular complexity index is 751. The molecule has 0 radical (unpaired) electrons. The lowest BCUT2D eigenvalue weighted by atomic mass is 9.89. The number of hydrogen-bond acceptors (Lipinski definition) is 3. The number of nitrogens with zero attached hydrogens (tertiary/aromatic N) is 1. The Kier molecular flexibility index (Phi) is 6.63. The van der Waals surface area contributed by atoms with Gasteiger partial charge in [0.25, 0.3) is 0 Å².